The number of ether oxygens (including phenoxy) is 1. The third kappa shape index (κ3) is 5.35. The Balaban J connectivity index is 2.90. The van der Waals surface area contributed by atoms with Crippen molar-refractivity contribution >= 4 is 16.1 Å². The van der Waals surface area contributed by atoms with E-state index in [0.29, 0.717) is 11.4 Å². The summed E-state index contributed by atoms with van der Waals surface area (Å²) in [5.74, 6) is -0.403. The van der Waals surface area contributed by atoms with Gasteiger partial charge in [-0.05, 0) is 26.0 Å². The number of esters is 1. The van der Waals surface area contributed by atoms with Gasteiger partial charge in [-0.3, -0.25) is 14.0 Å². The lowest BCUT2D eigenvalue weighted by molar-refractivity contribution is -0.146. The highest BCUT2D eigenvalue weighted by atomic mass is 32.2. The zero-order valence-corrected chi connectivity index (χ0v) is 12.1. The number of carbonyl (C=O) groups excluding carboxylic acids is 1. The second kappa shape index (κ2) is 6.12. The Labute approximate surface area is 112 Å². The minimum atomic E-state index is -3.55. The summed E-state index contributed by atoms with van der Waals surface area (Å²) in [7, 11) is -3.55. The molecule has 1 aromatic heterocycles. The zero-order chi connectivity index (χ0) is 14.6. The number of nitrogens with zero attached hydrogens (tertiary/aromatic N) is 1. The Morgan fingerprint density at radius 1 is 1.21 bits per heavy atom. The Kier molecular flexibility index (Phi) is 5.02. The van der Waals surface area contributed by atoms with Crippen LogP contribution in [0.25, 0.3) is 0 Å². The molecule has 0 saturated heterocycles. The van der Waals surface area contributed by atoms with Crippen LogP contribution in [0.4, 0.5) is 0 Å². The molecule has 1 heterocycles. The lowest BCUT2D eigenvalue weighted by Gasteiger charge is -2.15. The topological polar surface area (TPSA) is 82.6 Å². The highest BCUT2D eigenvalue weighted by molar-refractivity contribution is 7.86. The van der Waals surface area contributed by atoms with E-state index in [4.69, 9.17) is 8.92 Å². The van der Waals surface area contributed by atoms with Gasteiger partial charge in [-0.15, -0.1) is 0 Å². The van der Waals surface area contributed by atoms with Gasteiger partial charge in [0, 0.05) is 6.92 Å². The fourth-order valence-electron chi connectivity index (χ4n) is 1.54. The molecule has 6 nitrogen and oxygen atoms in total. The quantitative estimate of drug-likeness (QED) is 0.606. The van der Waals surface area contributed by atoms with E-state index in [9.17, 15) is 13.2 Å². The largest absolute Gasteiger partial charge is 0.456 e. The molecule has 0 aliphatic rings. The molecule has 0 saturated carbocycles. The van der Waals surface area contributed by atoms with Crippen LogP contribution in [-0.4, -0.2) is 25.6 Å². The number of hydrogen-bond donors (Lipinski definition) is 0. The van der Waals surface area contributed by atoms with Gasteiger partial charge in [-0.1, -0.05) is 6.07 Å². The minimum absolute atomic E-state index is 0.403. The Morgan fingerprint density at radius 2 is 1.74 bits per heavy atom. The lowest BCUT2D eigenvalue weighted by atomic mass is 10.2. The van der Waals surface area contributed by atoms with Crippen LogP contribution in [0.2, 0.25) is 0 Å². The van der Waals surface area contributed by atoms with E-state index < -0.39 is 28.3 Å². The number of aromatic nitrogens is 1. The third-order valence-electron chi connectivity index (χ3n) is 2.29. The molecule has 0 unspecified atom stereocenters. The van der Waals surface area contributed by atoms with Gasteiger partial charge < -0.3 is 4.74 Å². The number of pyridine rings is 1. The molecule has 0 radical (unpaired) electrons. The maximum absolute atomic E-state index is 11.1. The molecule has 0 aliphatic heterocycles. The summed E-state index contributed by atoms with van der Waals surface area (Å²) in [6.07, 6.45) is -0.211. The van der Waals surface area contributed by atoms with Gasteiger partial charge in [0.25, 0.3) is 10.1 Å². The van der Waals surface area contributed by atoms with Crippen LogP contribution in [0.5, 0.6) is 0 Å². The first kappa shape index (κ1) is 15.6. The summed E-state index contributed by atoms with van der Waals surface area (Å²) in [5.41, 5.74) is 0.999. The first-order chi connectivity index (χ1) is 8.69. The van der Waals surface area contributed by atoms with Crippen LogP contribution in [0.1, 0.15) is 44.4 Å². The van der Waals surface area contributed by atoms with Crippen molar-refractivity contribution in [2.75, 3.05) is 6.26 Å². The van der Waals surface area contributed by atoms with Crippen molar-refractivity contribution in [1.82, 2.24) is 4.98 Å². The minimum Gasteiger partial charge on any atom is -0.456 e. The van der Waals surface area contributed by atoms with E-state index in [1.807, 2.05) is 0 Å². The molecule has 2 atom stereocenters. The van der Waals surface area contributed by atoms with Crippen molar-refractivity contribution in [1.29, 1.82) is 0 Å². The molecule has 0 spiro atoms. The van der Waals surface area contributed by atoms with Gasteiger partial charge in [0.2, 0.25) is 0 Å². The molecule has 0 amide bonds. The van der Waals surface area contributed by atoms with Crippen LogP contribution < -0.4 is 0 Å². The summed E-state index contributed by atoms with van der Waals surface area (Å²) in [5, 5.41) is 0. The van der Waals surface area contributed by atoms with Crippen LogP contribution in [0.3, 0.4) is 0 Å². The van der Waals surface area contributed by atoms with Crippen LogP contribution in [0, 0.1) is 0 Å². The molecule has 0 aromatic carbocycles. The van der Waals surface area contributed by atoms with E-state index in [1.54, 1.807) is 32.0 Å². The van der Waals surface area contributed by atoms with E-state index >= 15 is 0 Å². The lowest BCUT2D eigenvalue weighted by Crippen LogP contribution is -2.11. The summed E-state index contributed by atoms with van der Waals surface area (Å²) in [6, 6.07) is 5.06. The first-order valence-corrected chi connectivity index (χ1v) is 7.53. The number of carbonyl (C=O) groups is 1. The molecule has 0 aliphatic carbocycles. The summed E-state index contributed by atoms with van der Waals surface area (Å²) in [4.78, 5) is 15.1. The molecular formula is C12H17NO5S. The van der Waals surface area contributed by atoms with E-state index in [-0.39, 0.29) is 0 Å². The van der Waals surface area contributed by atoms with Crippen molar-refractivity contribution in [2.24, 2.45) is 0 Å². The summed E-state index contributed by atoms with van der Waals surface area (Å²) < 4.78 is 32.0. The van der Waals surface area contributed by atoms with E-state index in [1.165, 1.54) is 6.92 Å². The van der Waals surface area contributed by atoms with Crippen molar-refractivity contribution in [2.45, 2.75) is 33.0 Å². The van der Waals surface area contributed by atoms with Crippen molar-refractivity contribution in [3.05, 3.63) is 29.6 Å². The predicted molar refractivity (Wildman–Crippen MR) is 68.8 cm³/mol. The maximum Gasteiger partial charge on any atom is 0.303 e. The van der Waals surface area contributed by atoms with Gasteiger partial charge in [-0.25, -0.2) is 0 Å². The average molecular weight is 287 g/mol. The van der Waals surface area contributed by atoms with Gasteiger partial charge >= 0.3 is 5.97 Å². The molecule has 106 valence electrons. The molecule has 1 rings (SSSR count). The van der Waals surface area contributed by atoms with Gasteiger partial charge in [0.1, 0.15) is 12.2 Å². The molecule has 19 heavy (non-hydrogen) atoms. The fraction of sp³-hybridized carbons (Fsp3) is 0.500. The SMILES string of the molecule is CC(=O)O[C@H](C)c1cccc([C@H](C)OS(C)(=O)=O)n1. The summed E-state index contributed by atoms with van der Waals surface area (Å²) in [6.45, 7) is 4.59. The standard InChI is InChI=1S/C12H17NO5S/c1-8(17-10(3)14)11-6-5-7-12(13-11)9(2)18-19(4,15)16/h5-9H,1-4H3/t8-,9+/m1/s1. The normalized spacial score (nSPS) is 14.7. The Hall–Kier alpha value is -1.47. The smallest absolute Gasteiger partial charge is 0.303 e. The number of hydrogen-bond acceptors (Lipinski definition) is 6. The average Bonchev–Trinajstić information content (AvgIpc) is 2.26. The molecule has 0 bridgehead atoms. The van der Waals surface area contributed by atoms with E-state index in [2.05, 4.69) is 4.98 Å². The molecular weight excluding hydrogens is 270 g/mol. The Morgan fingerprint density at radius 3 is 2.21 bits per heavy atom. The van der Waals surface area contributed by atoms with Gasteiger partial charge in [0.15, 0.2) is 0 Å². The van der Waals surface area contributed by atoms with Crippen molar-refractivity contribution in [3.63, 3.8) is 0 Å². The van der Waals surface area contributed by atoms with Crippen LogP contribution >= 0.6 is 0 Å². The molecule has 1 aromatic rings. The first-order valence-electron chi connectivity index (χ1n) is 5.71. The van der Waals surface area contributed by atoms with Crippen LogP contribution in [-0.2, 0) is 23.8 Å². The molecule has 7 heteroatoms. The number of rotatable bonds is 5. The fourth-order valence-corrected chi connectivity index (χ4v) is 2.17. The van der Waals surface area contributed by atoms with E-state index in [0.717, 1.165) is 6.26 Å². The maximum atomic E-state index is 11.1. The second-order valence-electron chi connectivity index (χ2n) is 4.18. The second-order valence-corrected chi connectivity index (χ2v) is 5.78. The Bertz CT molecular complexity index is 555. The van der Waals surface area contributed by atoms with Crippen molar-refractivity contribution < 1.29 is 22.1 Å². The highest BCUT2D eigenvalue weighted by Gasteiger charge is 2.16. The molecule has 0 fully saturated rings. The van der Waals surface area contributed by atoms with Gasteiger partial charge in [-0.2, -0.15) is 8.42 Å². The monoisotopic (exact) mass is 287 g/mol. The van der Waals surface area contributed by atoms with Crippen molar-refractivity contribution in [3.8, 4) is 0 Å². The predicted octanol–water partition coefficient (Wildman–Crippen LogP) is 1.74. The summed E-state index contributed by atoms with van der Waals surface area (Å²) >= 11 is 0. The molecule has 0 N–H and O–H groups in total. The highest BCUT2D eigenvalue weighted by Crippen LogP contribution is 2.20. The zero-order valence-electron chi connectivity index (χ0n) is 11.3. The third-order valence-corrected chi connectivity index (χ3v) is 2.93. The van der Waals surface area contributed by atoms with Gasteiger partial charge in [0.05, 0.1) is 17.6 Å². The van der Waals surface area contributed by atoms with Crippen LogP contribution in [0.15, 0.2) is 18.2 Å².